The third-order valence-electron chi connectivity index (χ3n) is 4.54. The number of nitrogen functional groups attached to an aromatic ring is 1. The molecule has 7 nitrogen and oxygen atoms in total. The summed E-state index contributed by atoms with van der Waals surface area (Å²) in [5.74, 6) is 7.70. The zero-order chi connectivity index (χ0) is 18.5. The normalized spacial score (nSPS) is 14.5. The number of para-hydroxylation sites is 1. The van der Waals surface area contributed by atoms with Crippen molar-refractivity contribution in [3.63, 3.8) is 0 Å². The number of nitrogens with one attached hydrogen (secondary N) is 1. The van der Waals surface area contributed by atoms with Crippen LogP contribution in [-0.4, -0.2) is 32.6 Å². The molecule has 0 radical (unpaired) electrons. The van der Waals surface area contributed by atoms with Gasteiger partial charge in [0.05, 0.1) is 5.75 Å². The van der Waals surface area contributed by atoms with Gasteiger partial charge in [0, 0.05) is 6.04 Å². The summed E-state index contributed by atoms with van der Waals surface area (Å²) in [6, 6.07) is 6.31. The van der Waals surface area contributed by atoms with Crippen molar-refractivity contribution in [1.29, 1.82) is 0 Å². The van der Waals surface area contributed by atoms with E-state index >= 15 is 0 Å². The number of thioether (sulfide) groups is 1. The number of benzene rings is 1. The monoisotopic (exact) mass is 375 g/mol. The van der Waals surface area contributed by atoms with Crippen molar-refractivity contribution >= 4 is 17.7 Å². The topological polar surface area (TPSA) is 95.1 Å². The first-order valence-electron chi connectivity index (χ1n) is 8.85. The van der Waals surface area contributed by atoms with Gasteiger partial charge in [-0.3, -0.25) is 4.79 Å². The van der Waals surface area contributed by atoms with E-state index in [1.54, 1.807) is 0 Å². The van der Waals surface area contributed by atoms with Crippen molar-refractivity contribution < 1.29 is 9.53 Å². The van der Waals surface area contributed by atoms with Crippen molar-refractivity contribution in [1.82, 2.24) is 20.2 Å². The van der Waals surface area contributed by atoms with Gasteiger partial charge in [-0.25, -0.2) is 4.68 Å². The Kier molecular flexibility index (Phi) is 6.03. The Hall–Kier alpha value is -2.22. The minimum Gasteiger partial charge on any atom is -0.485 e. The summed E-state index contributed by atoms with van der Waals surface area (Å²) in [6.07, 6.45) is 4.53. The molecule has 0 atom stereocenters. The number of aryl methyl sites for hydroxylation is 2. The smallest absolute Gasteiger partial charge is 0.230 e. The van der Waals surface area contributed by atoms with E-state index in [9.17, 15) is 4.79 Å². The van der Waals surface area contributed by atoms with E-state index in [1.165, 1.54) is 29.3 Å². The van der Waals surface area contributed by atoms with Gasteiger partial charge in [0.15, 0.2) is 5.82 Å². The van der Waals surface area contributed by atoms with E-state index in [2.05, 4.69) is 15.5 Å². The summed E-state index contributed by atoms with van der Waals surface area (Å²) in [6.45, 7) is 4.23. The molecule has 26 heavy (non-hydrogen) atoms. The van der Waals surface area contributed by atoms with Crippen molar-refractivity contribution in [3.8, 4) is 5.75 Å². The molecule has 1 fully saturated rings. The van der Waals surface area contributed by atoms with E-state index in [0.717, 1.165) is 29.7 Å². The van der Waals surface area contributed by atoms with Crippen LogP contribution in [0.1, 0.15) is 42.6 Å². The number of hydrogen-bond acceptors (Lipinski definition) is 6. The average molecular weight is 375 g/mol. The maximum atomic E-state index is 12.0. The van der Waals surface area contributed by atoms with Gasteiger partial charge in [0.2, 0.25) is 11.1 Å². The van der Waals surface area contributed by atoms with Crippen LogP contribution in [0.2, 0.25) is 0 Å². The van der Waals surface area contributed by atoms with Gasteiger partial charge < -0.3 is 15.9 Å². The van der Waals surface area contributed by atoms with E-state index in [4.69, 9.17) is 10.6 Å². The molecule has 3 N–H and O–H groups in total. The highest BCUT2D eigenvalue weighted by Gasteiger charge is 2.18. The molecule has 0 spiro atoms. The quantitative estimate of drug-likeness (QED) is 0.570. The first kappa shape index (κ1) is 18.6. The second-order valence-corrected chi connectivity index (χ2v) is 7.56. The molecule has 0 saturated heterocycles. The summed E-state index contributed by atoms with van der Waals surface area (Å²) < 4.78 is 7.26. The predicted octanol–water partition coefficient (Wildman–Crippen LogP) is 2.34. The van der Waals surface area contributed by atoms with Crippen molar-refractivity contribution in [2.45, 2.75) is 57.3 Å². The lowest BCUT2D eigenvalue weighted by Gasteiger charge is -2.12. The summed E-state index contributed by atoms with van der Waals surface area (Å²) in [5, 5.41) is 11.7. The summed E-state index contributed by atoms with van der Waals surface area (Å²) in [7, 11) is 0. The van der Waals surface area contributed by atoms with Gasteiger partial charge in [0.1, 0.15) is 12.4 Å². The van der Waals surface area contributed by atoms with E-state index < -0.39 is 0 Å². The Morgan fingerprint density at radius 3 is 2.69 bits per heavy atom. The Balaban J connectivity index is 1.53. The predicted molar refractivity (Wildman–Crippen MR) is 102 cm³/mol. The Morgan fingerprint density at radius 2 is 2.00 bits per heavy atom. The molecule has 1 amide bonds. The number of amides is 1. The van der Waals surface area contributed by atoms with Crippen LogP contribution >= 0.6 is 11.8 Å². The van der Waals surface area contributed by atoms with Crippen molar-refractivity contribution in [2.24, 2.45) is 0 Å². The van der Waals surface area contributed by atoms with Gasteiger partial charge in [-0.05, 0) is 37.8 Å². The highest BCUT2D eigenvalue weighted by atomic mass is 32.2. The van der Waals surface area contributed by atoms with Gasteiger partial charge in [-0.2, -0.15) is 0 Å². The first-order chi connectivity index (χ1) is 12.5. The molecule has 0 aliphatic heterocycles. The fraction of sp³-hybridized carbons (Fsp3) is 0.500. The van der Waals surface area contributed by atoms with Gasteiger partial charge in [-0.1, -0.05) is 42.8 Å². The number of nitrogens with two attached hydrogens (primary N) is 1. The minimum absolute atomic E-state index is 0.0123. The van der Waals surface area contributed by atoms with Crippen LogP contribution in [0.5, 0.6) is 5.75 Å². The van der Waals surface area contributed by atoms with Crippen LogP contribution in [-0.2, 0) is 11.4 Å². The van der Waals surface area contributed by atoms with Crippen LogP contribution in [0, 0.1) is 13.8 Å². The molecular formula is C18H25N5O2S. The molecule has 0 unspecified atom stereocenters. The van der Waals surface area contributed by atoms with Gasteiger partial charge >= 0.3 is 0 Å². The lowest BCUT2D eigenvalue weighted by molar-refractivity contribution is -0.119. The maximum Gasteiger partial charge on any atom is 0.230 e. The van der Waals surface area contributed by atoms with Gasteiger partial charge in [-0.15, -0.1) is 10.2 Å². The Labute approximate surface area is 157 Å². The number of ether oxygens (including phenoxy) is 1. The van der Waals surface area contributed by atoms with E-state index in [0.29, 0.717) is 17.0 Å². The van der Waals surface area contributed by atoms with Crippen LogP contribution in [0.25, 0.3) is 0 Å². The number of aromatic nitrogens is 3. The Morgan fingerprint density at radius 1 is 1.31 bits per heavy atom. The molecule has 140 valence electrons. The van der Waals surface area contributed by atoms with E-state index in [-0.39, 0.29) is 18.3 Å². The maximum absolute atomic E-state index is 12.0. The zero-order valence-electron chi connectivity index (χ0n) is 15.2. The average Bonchev–Trinajstić information content (AvgIpc) is 3.23. The fourth-order valence-corrected chi connectivity index (χ4v) is 3.82. The van der Waals surface area contributed by atoms with Crippen LogP contribution in [0.3, 0.4) is 0 Å². The second kappa shape index (κ2) is 8.44. The molecule has 2 aromatic rings. The minimum atomic E-state index is 0.0123. The molecule has 0 bridgehead atoms. The SMILES string of the molecule is Cc1cccc(C)c1OCc1nnc(SCC(=O)NC2CCCC2)n1N. The standard InChI is InChI=1S/C18H25N5O2S/c1-12-6-5-7-13(2)17(12)25-10-15-21-22-18(23(15)19)26-11-16(24)20-14-8-3-4-9-14/h5-7,14H,3-4,8-11,19H2,1-2H3,(H,20,24). The molecule has 1 heterocycles. The van der Waals surface area contributed by atoms with Crippen LogP contribution in [0.15, 0.2) is 23.4 Å². The first-order valence-corrected chi connectivity index (χ1v) is 9.83. The molecule has 8 heteroatoms. The van der Waals surface area contributed by atoms with Crippen molar-refractivity contribution in [3.05, 3.63) is 35.2 Å². The summed E-state index contributed by atoms with van der Waals surface area (Å²) >= 11 is 1.28. The molecular weight excluding hydrogens is 350 g/mol. The van der Waals surface area contributed by atoms with E-state index in [1.807, 2.05) is 32.0 Å². The zero-order valence-corrected chi connectivity index (χ0v) is 16.0. The largest absolute Gasteiger partial charge is 0.485 e. The third-order valence-corrected chi connectivity index (χ3v) is 5.49. The second-order valence-electron chi connectivity index (χ2n) is 6.62. The third kappa shape index (κ3) is 4.49. The number of hydrogen-bond donors (Lipinski definition) is 2. The summed E-state index contributed by atoms with van der Waals surface area (Å²) in [4.78, 5) is 12.0. The molecule has 1 aliphatic rings. The highest BCUT2D eigenvalue weighted by Crippen LogP contribution is 2.24. The molecule has 1 aromatic carbocycles. The van der Waals surface area contributed by atoms with Crippen molar-refractivity contribution in [2.75, 3.05) is 11.6 Å². The molecule has 3 rings (SSSR count). The molecule has 1 aromatic heterocycles. The fourth-order valence-electron chi connectivity index (χ4n) is 3.14. The number of rotatable bonds is 7. The number of carbonyl (C=O) groups is 1. The number of nitrogens with zero attached hydrogens (tertiary/aromatic N) is 3. The molecule has 1 aliphatic carbocycles. The van der Waals surface area contributed by atoms with Crippen LogP contribution < -0.4 is 15.9 Å². The lowest BCUT2D eigenvalue weighted by atomic mass is 10.1. The van der Waals surface area contributed by atoms with Crippen LogP contribution in [0.4, 0.5) is 0 Å². The van der Waals surface area contributed by atoms with Gasteiger partial charge in [0.25, 0.3) is 0 Å². The number of carbonyl (C=O) groups excluding carboxylic acids is 1. The highest BCUT2D eigenvalue weighted by molar-refractivity contribution is 7.99. The summed E-state index contributed by atoms with van der Waals surface area (Å²) in [5.41, 5.74) is 2.12. The molecule has 1 saturated carbocycles. The lowest BCUT2D eigenvalue weighted by Crippen LogP contribution is -2.34. The Bertz CT molecular complexity index is 751.